The molecule has 0 saturated heterocycles. The molecule has 0 spiro atoms. The molecule has 0 amide bonds. The lowest BCUT2D eigenvalue weighted by Gasteiger charge is -2.12. The number of ether oxygens (including phenoxy) is 1. The molecule has 2 aromatic rings. The molecule has 2 rings (SSSR count). The second-order valence-corrected chi connectivity index (χ2v) is 5.54. The van der Waals surface area contributed by atoms with Crippen molar-refractivity contribution in [2.24, 2.45) is 0 Å². The van der Waals surface area contributed by atoms with Crippen LogP contribution in [0.4, 0.5) is 0 Å². The maximum atomic E-state index is 5.91. The molecular formula is C16H17BrO. The first-order valence-electron chi connectivity index (χ1n) is 6.01. The van der Waals surface area contributed by atoms with Crippen molar-refractivity contribution < 1.29 is 4.74 Å². The van der Waals surface area contributed by atoms with Crippen LogP contribution in [0.15, 0.2) is 40.9 Å². The molecule has 0 fully saturated rings. The summed E-state index contributed by atoms with van der Waals surface area (Å²) in [4.78, 5) is 0. The Kier molecular flexibility index (Phi) is 4.07. The van der Waals surface area contributed by atoms with E-state index in [0.29, 0.717) is 6.61 Å². The fourth-order valence-electron chi connectivity index (χ4n) is 1.89. The van der Waals surface area contributed by atoms with Gasteiger partial charge in [0.05, 0.1) is 0 Å². The number of aryl methyl sites for hydroxylation is 2. The Balaban J connectivity index is 2.13. The smallest absolute Gasteiger partial charge is 0.123 e. The lowest BCUT2D eigenvalue weighted by Crippen LogP contribution is -1.98. The zero-order valence-electron chi connectivity index (χ0n) is 11.0. The molecule has 0 aliphatic carbocycles. The highest BCUT2D eigenvalue weighted by molar-refractivity contribution is 9.10. The zero-order valence-corrected chi connectivity index (χ0v) is 12.5. The van der Waals surface area contributed by atoms with Crippen molar-refractivity contribution in [3.05, 3.63) is 63.1 Å². The average molecular weight is 305 g/mol. The van der Waals surface area contributed by atoms with Gasteiger partial charge in [-0.05, 0) is 61.2 Å². The van der Waals surface area contributed by atoms with Crippen LogP contribution < -0.4 is 4.74 Å². The quantitative estimate of drug-likeness (QED) is 0.779. The van der Waals surface area contributed by atoms with E-state index >= 15 is 0 Å². The van der Waals surface area contributed by atoms with Gasteiger partial charge in [-0.25, -0.2) is 0 Å². The lowest BCUT2D eigenvalue weighted by molar-refractivity contribution is 0.303. The van der Waals surface area contributed by atoms with E-state index in [-0.39, 0.29) is 0 Å². The summed E-state index contributed by atoms with van der Waals surface area (Å²) in [6, 6.07) is 12.5. The minimum absolute atomic E-state index is 0.608. The van der Waals surface area contributed by atoms with Crippen LogP contribution in [0.25, 0.3) is 0 Å². The van der Waals surface area contributed by atoms with Gasteiger partial charge in [0.1, 0.15) is 12.4 Å². The van der Waals surface area contributed by atoms with Gasteiger partial charge in [0, 0.05) is 4.47 Å². The zero-order chi connectivity index (χ0) is 13.1. The highest BCUT2D eigenvalue weighted by Gasteiger charge is 2.04. The second kappa shape index (κ2) is 5.57. The van der Waals surface area contributed by atoms with Gasteiger partial charge in [-0.3, -0.25) is 0 Å². The Hall–Kier alpha value is -1.28. The first-order valence-corrected chi connectivity index (χ1v) is 6.80. The summed E-state index contributed by atoms with van der Waals surface area (Å²) in [7, 11) is 0. The van der Waals surface area contributed by atoms with Gasteiger partial charge in [0.15, 0.2) is 0 Å². The van der Waals surface area contributed by atoms with E-state index in [1.807, 2.05) is 12.1 Å². The van der Waals surface area contributed by atoms with Crippen LogP contribution in [-0.4, -0.2) is 0 Å². The van der Waals surface area contributed by atoms with Crippen LogP contribution in [0, 0.1) is 20.8 Å². The number of halogens is 1. The third-order valence-electron chi connectivity index (χ3n) is 3.07. The molecule has 0 bridgehead atoms. The first kappa shape index (κ1) is 13.2. The fourth-order valence-corrected chi connectivity index (χ4v) is 2.16. The normalized spacial score (nSPS) is 10.4. The molecule has 94 valence electrons. The molecule has 0 radical (unpaired) electrons. The molecule has 2 aromatic carbocycles. The van der Waals surface area contributed by atoms with Crippen LogP contribution in [0.1, 0.15) is 22.3 Å². The molecule has 0 aromatic heterocycles. The van der Waals surface area contributed by atoms with Gasteiger partial charge in [0.2, 0.25) is 0 Å². The maximum Gasteiger partial charge on any atom is 0.123 e. The highest BCUT2D eigenvalue weighted by Crippen LogP contribution is 2.24. The molecule has 18 heavy (non-hydrogen) atoms. The van der Waals surface area contributed by atoms with Crippen molar-refractivity contribution in [3.8, 4) is 5.75 Å². The standard InChI is InChI=1S/C16H17BrO/c1-11-8-12(2)13(3)16(9-11)18-10-14-4-6-15(17)7-5-14/h4-9H,10H2,1-3H3. The maximum absolute atomic E-state index is 5.91. The summed E-state index contributed by atoms with van der Waals surface area (Å²) >= 11 is 3.43. The van der Waals surface area contributed by atoms with Crippen molar-refractivity contribution in [1.29, 1.82) is 0 Å². The van der Waals surface area contributed by atoms with E-state index in [0.717, 1.165) is 10.2 Å². The van der Waals surface area contributed by atoms with Crippen LogP contribution in [0.5, 0.6) is 5.75 Å². The molecule has 1 nitrogen and oxygen atoms in total. The van der Waals surface area contributed by atoms with Crippen LogP contribution in [0.2, 0.25) is 0 Å². The highest BCUT2D eigenvalue weighted by atomic mass is 79.9. The van der Waals surface area contributed by atoms with Gasteiger partial charge >= 0.3 is 0 Å². The van der Waals surface area contributed by atoms with E-state index in [2.05, 4.69) is 61.0 Å². The summed E-state index contributed by atoms with van der Waals surface area (Å²) in [6.45, 7) is 6.93. The van der Waals surface area contributed by atoms with Crippen molar-refractivity contribution in [1.82, 2.24) is 0 Å². The number of hydrogen-bond donors (Lipinski definition) is 0. The SMILES string of the molecule is Cc1cc(C)c(C)c(OCc2ccc(Br)cc2)c1. The molecule has 0 aliphatic heterocycles. The summed E-state index contributed by atoms with van der Waals surface area (Å²) in [5.41, 5.74) is 4.92. The third-order valence-corrected chi connectivity index (χ3v) is 3.60. The van der Waals surface area contributed by atoms with Crippen molar-refractivity contribution >= 4 is 15.9 Å². The molecule has 0 aliphatic rings. The first-order chi connectivity index (χ1) is 8.56. The van der Waals surface area contributed by atoms with Crippen molar-refractivity contribution in [2.75, 3.05) is 0 Å². The largest absolute Gasteiger partial charge is 0.489 e. The monoisotopic (exact) mass is 304 g/mol. The van der Waals surface area contributed by atoms with Gasteiger partial charge in [-0.1, -0.05) is 34.1 Å². The molecule has 0 N–H and O–H groups in total. The third kappa shape index (κ3) is 3.14. The Bertz CT molecular complexity index is 544. The molecule has 0 heterocycles. The van der Waals surface area contributed by atoms with Crippen molar-refractivity contribution in [2.45, 2.75) is 27.4 Å². The van der Waals surface area contributed by atoms with Crippen molar-refractivity contribution in [3.63, 3.8) is 0 Å². The molecule has 2 heteroatoms. The van der Waals surface area contributed by atoms with E-state index in [1.54, 1.807) is 0 Å². The summed E-state index contributed by atoms with van der Waals surface area (Å²) in [6.07, 6.45) is 0. The minimum Gasteiger partial charge on any atom is -0.489 e. The number of rotatable bonds is 3. The van der Waals surface area contributed by atoms with Crippen LogP contribution >= 0.6 is 15.9 Å². The number of benzene rings is 2. The van der Waals surface area contributed by atoms with E-state index < -0.39 is 0 Å². The predicted octanol–water partition coefficient (Wildman–Crippen LogP) is 4.95. The Morgan fingerprint density at radius 1 is 1.00 bits per heavy atom. The van der Waals surface area contributed by atoms with E-state index in [9.17, 15) is 0 Å². The Labute approximate surface area is 117 Å². The van der Waals surface area contributed by atoms with Gasteiger partial charge in [0.25, 0.3) is 0 Å². The molecular weight excluding hydrogens is 288 g/mol. The fraction of sp³-hybridized carbons (Fsp3) is 0.250. The van der Waals surface area contributed by atoms with E-state index in [4.69, 9.17) is 4.74 Å². The summed E-state index contributed by atoms with van der Waals surface area (Å²) in [5, 5.41) is 0. The molecule has 0 saturated carbocycles. The van der Waals surface area contributed by atoms with Gasteiger partial charge in [-0.2, -0.15) is 0 Å². The summed E-state index contributed by atoms with van der Waals surface area (Å²) < 4.78 is 7.00. The van der Waals surface area contributed by atoms with Crippen LogP contribution in [0.3, 0.4) is 0 Å². The van der Waals surface area contributed by atoms with E-state index in [1.165, 1.54) is 22.3 Å². The lowest BCUT2D eigenvalue weighted by atomic mass is 10.1. The Morgan fingerprint density at radius 3 is 2.33 bits per heavy atom. The van der Waals surface area contributed by atoms with Gasteiger partial charge in [-0.15, -0.1) is 0 Å². The number of hydrogen-bond acceptors (Lipinski definition) is 1. The predicted molar refractivity (Wildman–Crippen MR) is 79.1 cm³/mol. The summed E-state index contributed by atoms with van der Waals surface area (Å²) in [5.74, 6) is 0.982. The topological polar surface area (TPSA) is 9.23 Å². The Morgan fingerprint density at radius 2 is 1.67 bits per heavy atom. The van der Waals surface area contributed by atoms with Gasteiger partial charge < -0.3 is 4.74 Å². The average Bonchev–Trinajstić information content (AvgIpc) is 2.34. The second-order valence-electron chi connectivity index (χ2n) is 4.62. The van der Waals surface area contributed by atoms with Crippen LogP contribution in [-0.2, 0) is 6.61 Å². The molecule has 0 unspecified atom stereocenters. The molecule has 0 atom stereocenters. The minimum atomic E-state index is 0.608.